The molecule has 3 aromatic carbocycles. The molecule has 0 amide bonds. The quantitative estimate of drug-likeness (QED) is 0.0714. The zero-order valence-electron chi connectivity index (χ0n) is 19.6. The van der Waals surface area contributed by atoms with Gasteiger partial charge in [-0.3, -0.25) is 14.9 Å². The van der Waals surface area contributed by atoms with Crippen LogP contribution in [0, 0.1) is 17.0 Å². The molecule has 0 spiro atoms. The van der Waals surface area contributed by atoms with Crippen LogP contribution in [0.5, 0.6) is 0 Å². The Balaban J connectivity index is 1.77. The molecule has 0 N–H and O–H groups in total. The average Bonchev–Trinajstić information content (AvgIpc) is 2.86. The summed E-state index contributed by atoms with van der Waals surface area (Å²) in [5.74, 6) is -0.885. The Labute approximate surface area is 208 Å². The topological polar surface area (TPSA) is 98.9 Å². The molecule has 3 aromatic rings. The van der Waals surface area contributed by atoms with Gasteiger partial charge in [-0.2, -0.15) is 0 Å². The van der Waals surface area contributed by atoms with Crippen LogP contribution in [-0.2, 0) is 4.84 Å². The van der Waals surface area contributed by atoms with Gasteiger partial charge in [0, 0.05) is 27.5 Å². The van der Waals surface area contributed by atoms with Gasteiger partial charge >= 0.3 is 5.97 Å². The Morgan fingerprint density at radius 1 is 0.971 bits per heavy atom. The number of hydrogen-bond acceptors (Lipinski definition) is 7. The monoisotopic (exact) mass is 490 g/mol. The number of unbranched alkanes of at least 4 members (excludes halogenated alkanes) is 2. The maximum Gasteiger partial charge on any atom is 0.365 e. The summed E-state index contributed by atoms with van der Waals surface area (Å²) in [5.41, 5.74) is 1.86. The van der Waals surface area contributed by atoms with E-state index in [0.717, 1.165) is 34.6 Å². The molecule has 0 unspecified atom stereocenters. The highest BCUT2D eigenvalue weighted by Gasteiger charge is 2.19. The van der Waals surface area contributed by atoms with Gasteiger partial charge in [0.2, 0.25) is 5.78 Å². The van der Waals surface area contributed by atoms with Gasteiger partial charge in [0.1, 0.15) is 5.71 Å². The number of hydrogen-bond donors (Lipinski definition) is 0. The van der Waals surface area contributed by atoms with Crippen LogP contribution in [0.1, 0.15) is 58.9 Å². The Bertz CT molecular complexity index is 1220. The largest absolute Gasteiger partial charge is 0.365 e. The molecule has 35 heavy (non-hydrogen) atoms. The second-order valence-corrected chi connectivity index (χ2v) is 9.05. The molecule has 0 saturated carbocycles. The number of carbonyl (C=O) groups is 2. The van der Waals surface area contributed by atoms with Gasteiger partial charge in [0.25, 0.3) is 5.69 Å². The summed E-state index contributed by atoms with van der Waals surface area (Å²) in [4.78, 5) is 42.8. The summed E-state index contributed by atoms with van der Waals surface area (Å²) in [6.45, 7) is 3.91. The maximum absolute atomic E-state index is 13.3. The van der Waals surface area contributed by atoms with E-state index in [1.807, 2.05) is 19.1 Å². The molecule has 0 aliphatic carbocycles. The number of oxime groups is 1. The first-order valence-corrected chi connectivity index (χ1v) is 12.1. The van der Waals surface area contributed by atoms with Crippen LogP contribution in [0.2, 0.25) is 0 Å². The molecular formula is C27H26N2O5S. The Morgan fingerprint density at radius 3 is 2.29 bits per heavy atom. The van der Waals surface area contributed by atoms with E-state index in [1.165, 1.54) is 23.9 Å². The van der Waals surface area contributed by atoms with Crippen molar-refractivity contribution in [3.8, 4) is 0 Å². The van der Waals surface area contributed by atoms with Gasteiger partial charge in [-0.1, -0.05) is 54.9 Å². The molecule has 0 aliphatic heterocycles. The molecule has 7 nitrogen and oxygen atoms in total. The smallest absolute Gasteiger partial charge is 0.312 e. The third kappa shape index (κ3) is 7.35. The van der Waals surface area contributed by atoms with Crippen LogP contribution in [0.15, 0.2) is 87.7 Å². The molecule has 0 bridgehead atoms. The highest BCUT2D eigenvalue weighted by atomic mass is 32.2. The fourth-order valence-electron chi connectivity index (χ4n) is 3.35. The number of nitro groups is 1. The summed E-state index contributed by atoms with van der Waals surface area (Å²) in [7, 11) is 0. The van der Waals surface area contributed by atoms with Crippen molar-refractivity contribution in [2.45, 2.75) is 49.3 Å². The van der Waals surface area contributed by atoms with Crippen LogP contribution in [0.25, 0.3) is 0 Å². The summed E-state index contributed by atoms with van der Waals surface area (Å²) >= 11 is 1.45. The lowest BCUT2D eigenvalue weighted by Crippen LogP contribution is -2.17. The van der Waals surface area contributed by atoms with Gasteiger partial charge in [0.05, 0.1) is 10.5 Å². The van der Waals surface area contributed by atoms with Crippen molar-refractivity contribution in [3.63, 3.8) is 0 Å². The van der Waals surface area contributed by atoms with E-state index in [4.69, 9.17) is 4.84 Å². The first-order valence-electron chi connectivity index (χ1n) is 11.3. The van der Waals surface area contributed by atoms with Gasteiger partial charge in [-0.15, -0.1) is 0 Å². The number of nitro benzene ring substituents is 1. The fourth-order valence-corrected chi connectivity index (χ4v) is 4.26. The fraction of sp³-hybridized carbons (Fsp3) is 0.222. The van der Waals surface area contributed by atoms with Crippen LogP contribution < -0.4 is 0 Å². The van der Waals surface area contributed by atoms with Crippen LogP contribution >= 0.6 is 11.8 Å². The number of rotatable bonds is 11. The van der Waals surface area contributed by atoms with E-state index < -0.39 is 10.9 Å². The Kier molecular flexibility index (Phi) is 9.31. The first kappa shape index (κ1) is 25.8. The standard InChI is InChI=1S/C27H26N2O5S/c1-3-4-6-11-25(28-34-27(31)20-9-7-5-8-10-20)26(30)24-17-16-23(18-19(24)2)35-22-14-12-21(13-15-22)29(32)33/h5,7-10,12-18H,3-4,6,11H2,1-2H3/b28-25+. The highest BCUT2D eigenvalue weighted by molar-refractivity contribution is 7.99. The normalized spacial score (nSPS) is 11.2. The number of nitrogens with zero attached hydrogens (tertiary/aromatic N) is 2. The zero-order valence-corrected chi connectivity index (χ0v) is 20.4. The van der Waals surface area contributed by atoms with Crippen LogP contribution in [0.4, 0.5) is 5.69 Å². The number of carbonyl (C=O) groups excluding carboxylic acids is 2. The molecule has 0 heterocycles. The van der Waals surface area contributed by atoms with Crippen molar-refractivity contribution in [2.24, 2.45) is 5.16 Å². The number of aryl methyl sites for hydroxylation is 1. The second-order valence-electron chi connectivity index (χ2n) is 7.90. The third-order valence-corrected chi connectivity index (χ3v) is 6.25. The molecular weight excluding hydrogens is 464 g/mol. The van der Waals surface area contributed by atoms with E-state index in [0.29, 0.717) is 17.5 Å². The van der Waals surface area contributed by atoms with E-state index >= 15 is 0 Å². The van der Waals surface area contributed by atoms with Crippen molar-refractivity contribution < 1.29 is 19.3 Å². The van der Waals surface area contributed by atoms with Crippen LogP contribution in [0.3, 0.4) is 0 Å². The maximum atomic E-state index is 13.3. The third-order valence-electron chi connectivity index (χ3n) is 5.25. The van der Waals surface area contributed by atoms with Gasteiger partial charge in [-0.05, 0) is 67.8 Å². The molecule has 3 rings (SSSR count). The second kappa shape index (κ2) is 12.6. The highest BCUT2D eigenvalue weighted by Crippen LogP contribution is 2.30. The SMILES string of the molecule is CCCCC/C(=N\OC(=O)c1ccccc1)C(=O)c1ccc(Sc2ccc([N+](=O)[O-])cc2)cc1C. The van der Waals surface area contributed by atoms with Crippen molar-refractivity contribution in [1.82, 2.24) is 0 Å². The molecule has 0 fully saturated rings. The molecule has 0 aromatic heterocycles. The van der Waals surface area contributed by atoms with Crippen molar-refractivity contribution in [1.29, 1.82) is 0 Å². The number of ketones is 1. The molecule has 8 heteroatoms. The number of benzene rings is 3. The molecule has 0 aliphatic rings. The zero-order chi connectivity index (χ0) is 25.2. The Morgan fingerprint density at radius 2 is 1.66 bits per heavy atom. The predicted octanol–water partition coefficient (Wildman–Crippen LogP) is 7.03. The summed E-state index contributed by atoms with van der Waals surface area (Å²) in [6, 6.07) is 20.3. The summed E-state index contributed by atoms with van der Waals surface area (Å²) in [6.07, 6.45) is 3.09. The molecule has 0 atom stereocenters. The molecule has 180 valence electrons. The lowest BCUT2D eigenvalue weighted by Gasteiger charge is -2.10. The van der Waals surface area contributed by atoms with Gasteiger partial charge in [0.15, 0.2) is 0 Å². The minimum Gasteiger partial charge on any atom is -0.312 e. The number of Topliss-reactive ketones (excluding diaryl/α,β-unsaturated/α-hetero) is 1. The van der Waals surface area contributed by atoms with E-state index in [9.17, 15) is 19.7 Å². The lowest BCUT2D eigenvalue weighted by atomic mass is 9.98. The first-order chi connectivity index (χ1) is 16.9. The van der Waals surface area contributed by atoms with E-state index in [-0.39, 0.29) is 17.2 Å². The van der Waals surface area contributed by atoms with Crippen molar-refractivity contribution >= 4 is 34.9 Å². The van der Waals surface area contributed by atoms with E-state index in [2.05, 4.69) is 12.1 Å². The van der Waals surface area contributed by atoms with Crippen molar-refractivity contribution in [2.75, 3.05) is 0 Å². The minimum absolute atomic E-state index is 0.0364. The summed E-state index contributed by atoms with van der Waals surface area (Å²) in [5, 5.41) is 14.8. The van der Waals surface area contributed by atoms with Crippen molar-refractivity contribution in [3.05, 3.63) is 99.6 Å². The molecule has 0 saturated heterocycles. The Hall–Kier alpha value is -3.78. The predicted molar refractivity (Wildman–Crippen MR) is 136 cm³/mol. The minimum atomic E-state index is -0.613. The van der Waals surface area contributed by atoms with Gasteiger partial charge < -0.3 is 4.84 Å². The van der Waals surface area contributed by atoms with Gasteiger partial charge in [-0.25, -0.2) is 4.79 Å². The summed E-state index contributed by atoms with van der Waals surface area (Å²) < 4.78 is 0. The van der Waals surface area contributed by atoms with E-state index in [1.54, 1.807) is 48.5 Å². The van der Waals surface area contributed by atoms with Crippen LogP contribution in [-0.4, -0.2) is 22.4 Å². The molecule has 0 radical (unpaired) electrons. The number of non-ortho nitro benzene ring substituents is 1. The lowest BCUT2D eigenvalue weighted by molar-refractivity contribution is -0.384. The average molecular weight is 491 g/mol.